The zero-order chi connectivity index (χ0) is 11.7. The predicted molar refractivity (Wildman–Crippen MR) is 54.3 cm³/mol. The van der Waals surface area contributed by atoms with E-state index >= 15 is 0 Å². The third-order valence-corrected chi connectivity index (χ3v) is 2.24. The number of halogens is 2. The van der Waals surface area contributed by atoms with Crippen LogP contribution in [-0.4, -0.2) is 11.9 Å². The lowest BCUT2D eigenvalue weighted by Crippen LogP contribution is -2.49. The summed E-state index contributed by atoms with van der Waals surface area (Å²) in [4.78, 5) is 30.5. The van der Waals surface area contributed by atoms with Gasteiger partial charge in [-0.3, -0.25) is 0 Å². The lowest BCUT2D eigenvalue weighted by molar-refractivity contribution is -0.192. The molecule has 1 aliphatic rings. The highest BCUT2D eigenvalue weighted by Gasteiger charge is 2.30. The van der Waals surface area contributed by atoms with Gasteiger partial charge in [-0.05, 0) is 23.8 Å². The highest BCUT2D eigenvalue weighted by Crippen LogP contribution is 2.28. The van der Waals surface area contributed by atoms with E-state index in [4.69, 9.17) is 23.2 Å². The van der Waals surface area contributed by atoms with Gasteiger partial charge in [-0.15, -0.1) is 0 Å². The van der Waals surface area contributed by atoms with E-state index in [0.717, 1.165) is 5.17 Å². The van der Waals surface area contributed by atoms with Gasteiger partial charge >= 0.3 is 11.9 Å². The second-order valence-electron chi connectivity index (χ2n) is 2.75. The fraction of sp³-hybridized carbons (Fsp3) is 0. The van der Waals surface area contributed by atoms with Crippen molar-refractivity contribution >= 4 is 40.8 Å². The molecule has 0 radical (unpaired) electrons. The quantitative estimate of drug-likeness (QED) is 0.768. The van der Waals surface area contributed by atoms with Crippen molar-refractivity contribution in [3.8, 4) is 0 Å². The maximum Gasteiger partial charge on any atom is 0.444 e. The molecule has 1 heterocycles. The molecule has 1 fully saturated rings. The first kappa shape index (κ1) is 11.0. The average Bonchev–Trinajstić information content (AvgIpc) is 2.26. The van der Waals surface area contributed by atoms with E-state index in [1.54, 1.807) is 6.07 Å². The topological polar surface area (TPSA) is 67.9 Å². The summed E-state index contributed by atoms with van der Waals surface area (Å²) in [6, 6.07) is 4.50. The molecular formula is C8H4Cl2N2O4. The van der Waals surface area contributed by atoms with Gasteiger partial charge in [0.05, 0.1) is 5.02 Å². The van der Waals surface area contributed by atoms with E-state index in [0.29, 0.717) is 5.02 Å². The lowest BCUT2D eigenvalue weighted by atomic mass is 10.3. The van der Waals surface area contributed by atoms with E-state index in [2.05, 4.69) is 15.3 Å². The third-order valence-electron chi connectivity index (χ3n) is 1.69. The summed E-state index contributed by atoms with van der Waals surface area (Å²) in [5, 5.41) is 1.45. The molecule has 0 amide bonds. The largest absolute Gasteiger partial charge is 0.444 e. The Morgan fingerprint density at radius 3 is 2.62 bits per heavy atom. The van der Waals surface area contributed by atoms with Gasteiger partial charge in [-0.1, -0.05) is 28.4 Å². The summed E-state index contributed by atoms with van der Waals surface area (Å²) in [5.41, 5.74) is 2.33. The number of hydrazine groups is 1. The molecule has 2 rings (SSSR count). The molecule has 0 spiro atoms. The van der Waals surface area contributed by atoms with Crippen LogP contribution in [-0.2, 0) is 19.3 Å². The predicted octanol–water partition coefficient (Wildman–Crippen LogP) is 1.23. The summed E-state index contributed by atoms with van der Waals surface area (Å²) in [6.45, 7) is 0. The van der Waals surface area contributed by atoms with Gasteiger partial charge in [-0.25, -0.2) is 9.59 Å². The first-order chi connectivity index (χ1) is 7.58. The number of carbonyl (C=O) groups is 2. The van der Waals surface area contributed by atoms with Crippen LogP contribution in [0.3, 0.4) is 0 Å². The van der Waals surface area contributed by atoms with Gasteiger partial charge in [-0.2, -0.15) is 0 Å². The van der Waals surface area contributed by atoms with Crippen LogP contribution in [0.15, 0.2) is 18.2 Å². The molecule has 6 nitrogen and oxygen atoms in total. The van der Waals surface area contributed by atoms with Crippen LogP contribution in [0.4, 0.5) is 5.69 Å². The third kappa shape index (κ3) is 2.04. The Balaban J connectivity index is 2.28. The Morgan fingerprint density at radius 1 is 1.19 bits per heavy atom. The van der Waals surface area contributed by atoms with Crippen molar-refractivity contribution in [2.75, 3.05) is 5.17 Å². The molecule has 1 aromatic carbocycles. The van der Waals surface area contributed by atoms with Crippen LogP contribution in [0.5, 0.6) is 0 Å². The van der Waals surface area contributed by atoms with Crippen molar-refractivity contribution in [1.82, 2.24) is 5.59 Å². The fourth-order valence-electron chi connectivity index (χ4n) is 1.00. The van der Waals surface area contributed by atoms with Crippen molar-refractivity contribution in [2.45, 2.75) is 0 Å². The zero-order valence-electron chi connectivity index (χ0n) is 7.57. The highest BCUT2D eigenvalue weighted by atomic mass is 35.5. The fourth-order valence-corrected chi connectivity index (χ4v) is 1.36. The maximum atomic E-state index is 10.9. The SMILES string of the molecule is O=C1ONN(c2cc(Cl)ccc2Cl)OC1=O. The summed E-state index contributed by atoms with van der Waals surface area (Å²) < 4.78 is 0. The zero-order valence-corrected chi connectivity index (χ0v) is 9.08. The maximum absolute atomic E-state index is 10.9. The van der Waals surface area contributed by atoms with Gasteiger partial charge in [0.2, 0.25) is 0 Å². The molecule has 8 heteroatoms. The minimum absolute atomic E-state index is 0.245. The van der Waals surface area contributed by atoms with Crippen molar-refractivity contribution < 1.29 is 19.3 Å². The number of anilines is 1. The Bertz CT molecular complexity index is 465. The lowest BCUT2D eigenvalue weighted by Gasteiger charge is -2.25. The Hall–Kier alpha value is -1.50. The molecule has 0 aliphatic carbocycles. The minimum atomic E-state index is -1.16. The molecule has 16 heavy (non-hydrogen) atoms. The van der Waals surface area contributed by atoms with Crippen molar-refractivity contribution in [1.29, 1.82) is 0 Å². The van der Waals surface area contributed by atoms with Gasteiger partial charge in [0.15, 0.2) is 0 Å². The number of hydrogen-bond acceptors (Lipinski definition) is 6. The van der Waals surface area contributed by atoms with E-state index in [1.165, 1.54) is 12.1 Å². The molecule has 0 bridgehead atoms. The van der Waals surface area contributed by atoms with Crippen LogP contribution < -0.4 is 10.8 Å². The summed E-state index contributed by atoms with van der Waals surface area (Å²) >= 11 is 11.6. The summed E-state index contributed by atoms with van der Waals surface area (Å²) in [7, 11) is 0. The molecule has 0 saturated carbocycles. The number of benzene rings is 1. The van der Waals surface area contributed by atoms with E-state index in [-0.39, 0.29) is 10.7 Å². The molecule has 1 aromatic rings. The van der Waals surface area contributed by atoms with Crippen molar-refractivity contribution in [2.24, 2.45) is 0 Å². The monoisotopic (exact) mass is 262 g/mol. The first-order valence-corrected chi connectivity index (χ1v) is 4.77. The smallest absolute Gasteiger partial charge is 0.338 e. The van der Waals surface area contributed by atoms with Gasteiger partial charge in [0.25, 0.3) is 0 Å². The Morgan fingerprint density at radius 2 is 1.94 bits per heavy atom. The minimum Gasteiger partial charge on any atom is -0.338 e. The normalized spacial score (nSPS) is 15.8. The van der Waals surface area contributed by atoms with Gasteiger partial charge < -0.3 is 9.68 Å². The molecule has 1 N–H and O–H groups in total. The van der Waals surface area contributed by atoms with E-state index in [9.17, 15) is 9.59 Å². The Kier molecular flexibility index (Phi) is 2.86. The standard InChI is InChI=1S/C8H4Cl2N2O4/c9-4-1-2-5(10)6(3-4)12-11-15-7(13)8(14)16-12/h1-3,11H. The molecular weight excluding hydrogens is 259 g/mol. The Labute approximate surface area is 99.5 Å². The molecule has 0 aromatic heterocycles. The van der Waals surface area contributed by atoms with Crippen LogP contribution >= 0.6 is 23.2 Å². The van der Waals surface area contributed by atoms with Crippen LogP contribution in [0.2, 0.25) is 10.0 Å². The van der Waals surface area contributed by atoms with E-state index in [1.807, 2.05) is 0 Å². The van der Waals surface area contributed by atoms with Crippen molar-refractivity contribution in [3.05, 3.63) is 28.2 Å². The van der Waals surface area contributed by atoms with E-state index < -0.39 is 11.9 Å². The first-order valence-electron chi connectivity index (χ1n) is 4.02. The number of rotatable bonds is 1. The second-order valence-corrected chi connectivity index (χ2v) is 3.59. The second kappa shape index (κ2) is 4.17. The van der Waals surface area contributed by atoms with Crippen LogP contribution in [0, 0.1) is 0 Å². The molecule has 84 valence electrons. The number of nitrogens with zero attached hydrogens (tertiary/aromatic N) is 1. The average molecular weight is 263 g/mol. The molecule has 0 atom stereocenters. The molecule has 0 unspecified atom stereocenters. The number of nitrogens with one attached hydrogen (secondary N) is 1. The highest BCUT2D eigenvalue weighted by molar-refractivity contribution is 6.35. The summed E-state index contributed by atoms with van der Waals surface area (Å²) in [5.74, 6) is -2.30. The van der Waals surface area contributed by atoms with Crippen molar-refractivity contribution in [3.63, 3.8) is 0 Å². The summed E-state index contributed by atoms with van der Waals surface area (Å²) in [6.07, 6.45) is 0. The van der Waals surface area contributed by atoms with Gasteiger partial charge in [0, 0.05) is 5.02 Å². The molecule has 1 aliphatic heterocycles. The number of carbonyl (C=O) groups excluding carboxylic acids is 2. The van der Waals surface area contributed by atoms with Crippen LogP contribution in [0.1, 0.15) is 0 Å². The van der Waals surface area contributed by atoms with Gasteiger partial charge in [0.1, 0.15) is 5.69 Å². The molecule has 1 saturated heterocycles. The van der Waals surface area contributed by atoms with Crippen LogP contribution in [0.25, 0.3) is 0 Å². The number of hydrogen-bond donors (Lipinski definition) is 1.